The third kappa shape index (κ3) is 6.79. The number of anilines is 6. The van der Waals surface area contributed by atoms with Gasteiger partial charge in [0.1, 0.15) is 0 Å². The standard InChI is InChI=1S/C70H66N4/c1-67(2,3)43-23-19-29-47(39-43)71(45-25-15-13-16-26-45)57-37-35-49-53-41-60-54(42-59(53)73-63-51(61(57)65(49)73)31-21-33-55(63)69(7,8)9)50-36-38-58(62-52-32-22-34-56(70(10,11)12)64(52)74(60)66(50)62)72(46-27-17-14-18-28-46)48-30-20-24-44(40-48)68(4,5)6/h13-42H,1-12H3. The molecule has 0 aliphatic heterocycles. The average Bonchev–Trinajstić information content (AvgIpc) is 4.16. The van der Waals surface area contributed by atoms with Gasteiger partial charge in [0.05, 0.1) is 44.5 Å². The predicted molar refractivity (Wildman–Crippen MR) is 320 cm³/mol. The molecule has 13 rings (SSSR count). The Kier molecular flexibility index (Phi) is 9.85. The van der Waals surface area contributed by atoms with Gasteiger partial charge in [0.15, 0.2) is 0 Å². The fraction of sp³-hybridized carbons (Fsp3) is 0.229. The largest absolute Gasteiger partial charge is 0.310 e. The summed E-state index contributed by atoms with van der Waals surface area (Å²) in [5.41, 5.74) is 19.6. The van der Waals surface area contributed by atoms with Gasteiger partial charge >= 0.3 is 0 Å². The van der Waals surface area contributed by atoms with Crippen molar-refractivity contribution in [3.05, 3.63) is 204 Å². The highest BCUT2D eigenvalue weighted by Gasteiger charge is 2.32. The van der Waals surface area contributed by atoms with Crippen LogP contribution in [0.15, 0.2) is 182 Å². The van der Waals surface area contributed by atoms with E-state index in [1.807, 2.05) is 0 Å². The number of nitrogens with zero attached hydrogens (tertiary/aromatic N) is 4. The molecular formula is C70H66N4. The Morgan fingerprint density at radius 1 is 0.284 bits per heavy atom. The molecule has 0 N–H and O–H groups in total. The van der Waals surface area contributed by atoms with E-state index in [1.54, 1.807) is 0 Å². The van der Waals surface area contributed by atoms with Crippen LogP contribution in [0.25, 0.3) is 76.2 Å². The van der Waals surface area contributed by atoms with E-state index in [0.717, 1.165) is 22.7 Å². The maximum Gasteiger partial charge on any atom is 0.0641 e. The molecule has 0 radical (unpaired) electrons. The van der Waals surface area contributed by atoms with E-state index < -0.39 is 0 Å². The Hall–Kier alpha value is -7.82. The summed E-state index contributed by atoms with van der Waals surface area (Å²) in [6.07, 6.45) is 0. The Bertz CT molecular complexity index is 4050. The van der Waals surface area contributed by atoms with Crippen molar-refractivity contribution in [2.45, 2.75) is 105 Å². The van der Waals surface area contributed by atoms with Crippen molar-refractivity contribution >= 4 is 110 Å². The van der Waals surface area contributed by atoms with Gasteiger partial charge in [0.25, 0.3) is 0 Å². The topological polar surface area (TPSA) is 15.3 Å². The summed E-state index contributed by atoms with van der Waals surface area (Å²) < 4.78 is 5.29. The van der Waals surface area contributed by atoms with Gasteiger partial charge in [-0.05, 0) is 117 Å². The van der Waals surface area contributed by atoms with Crippen molar-refractivity contribution in [3.63, 3.8) is 0 Å². The minimum absolute atomic E-state index is 0.0100. The lowest BCUT2D eigenvalue weighted by atomic mass is 9.85. The van der Waals surface area contributed by atoms with Crippen LogP contribution < -0.4 is 9.80 Å². The SMILES string of the molecule is CC(C)(C)c1cccc(N(c2ccccc2)c2ccc3c4cc5c(cc4n4c6c(C(C)(C)C)cccc6c2c34)c2ccc(N(c3ccccc3)c3cccc(C(C)(C)C)c3)c3c4cccc(C(C)(C)C)c4n5c23)c1. The molecule has 4 nitrogen and oxygen atoms in total. The number of benzene rings is 9. The molecule has 9 aromatic carbocycles. The zero-order chi connectivity index (χ0) is 51.4. The number of aromatic nitrogens is 2. The van der Waals surface area contributed by atoms with E-state index in [2.05, 4.69) is 284 Å². The molecule has 0 atom stereocenters. The number of fused-ring (bicyclic) bond motifs is 12. The molecule has 13 aromatic rings. The van der Waals surface area contributed by atoms with Crippen molar-refractivity contribution < 1.29 is 0 Å². The van der Waals surface area contributed by atoms with Crippen LogP contribution in [0.4, 0.5) is 34.1 Å². The molecule has 0 bridgehead atoms. The Balaban J connectivity index is 1.17. The normalized spacial score (nSPS) is 13.1. The maximum atomic E-state index is 2.64. The molecule has 0 fully saturated rings. The van der Waals surface area contributed by atoms with E-state index in [1.165, 1.54) is 110 Å². The van der Waals surface area contributed by atoms with E-state index in [4.69, 9.17) is 0 Å². The van der Waals surface area contributed by atoms with Gasteiger partial charge in [-0.1, -0.05) is 192 Å². The summed E-state index contributed by atoms with van der Waals surface area (Å²) in [7, 11) is 0. The second-order valence-corrected chi connectivity index (χ2v) is 25.1. The maximum absolute atomic E-state index is 2.64. The molecule has 0 aliphatic rings. The summed E-state index contributed by atoms with van der Waals surface area (Å²) in [5.74, 6) is 0. The highest BCUT2D eigenvalue weighted by molar-refractivity contribution is 6.32. The van der Waals surface area contributed by atoms with E-state index in [-0.39, 0.29) is 21.7 Å². The van der Waals surface area contributed by atoms with Crippen molar-refractivity contribution in [1.82, 2.24) is 8.80 Å². The van der Waals surface area contributed by atoms with Gasteiger partial charge in [-0.15, -0.1) is 0 Å². The second kappa shape index (κ2) is 15.8. The summed E-state index contributed by atoms with van der Waals surface area (Å²) >= 11 is 0. The van der Waals surface area contributed by atoms with Crippen LogP contribution >= 0.6 is 0 Å². The summed E-state index contributed by atoms with van der Waals surface area (Å²) in [4.78, 5) is 4.99. The zero-order valence-corrected chi connectivity index (χ0v) is 45.1. The van der Waals surface area contributed by atoms with Crippen LogP contribution in [-0.4, -0.2) is 8.80 Å². The van der Waals surface area contributed by atoms with Gasteiger partial charge in [-0.2, -0.15) is 0 Å². The smallest absolute Gasteiger partial charge is 0.0641 e. The quantitative estimate of drug-likeness (QED) is 0.165. The van der Waals surface area contributed by atoms with Gasteiger partial charge in [0.2, 0.25) is 0 Å². The Morgan fingerprint density at radius 2 is 0.649 bits per heavy atom. The number of rotatable bonds is 6. The first-order chi connectivity index (χ1) is 35.3. The van der Waals surface area contributed by atoms with Crippen LogP contribution in [0.1, 0.15) is 105 Å². The molecular weight excluding hydrogens is 897 g/mol. The lowest BCUT2D eigenvalue weighted by molar-refractivity contribution is 0.590. The summed E-state index contributed by atoms with van der Waals surface area (Å²) in [6, 6.07) is 69.0. The molecule has 4 heteroatoms. The molecule has 4 heterocycles. The summed E-state index contributed by atoms with van der Waals surface area (Å²) in [6.45, 7) is 28.0. The van der Waals surface area contributed by atoms with E-state index in [9.17, 15) is 0 Å². The molecule has 74 heavy (non-hydrogen) atoms. The minimum Gasteiger partial charge on any atom is -0.310 e. The van der Waals surface area contributed by atoms with Crippen molar-refractivity contribution in [2.75, 3.05) is 9.80 Å². The van der Waals surface area contributed by atoms with Crippen molar-refractivity contribution in [2.24, 2.45) is 0 Å². The van der Waals surface area contributed by atoms with Crippen molar-refractivity contribution in [1.29, 1.82) is 0 Å². The van der Waals surface area contributed by atoms with Gasteiger partial charge < -0.3 is 18.6 Å². The fourth-order valence-corrected chi connectivity index (χ4v) is 12.5. The zero-order valence-electron chi connectivity index (χ0n) is 45.1. The monoisotopic (exact) mass is 963 g/mol. The lowest BCUT2D eigenvalue weighted by Crippen LogP contribution is -2.14. The molecule has 0 unspecified atom stereocenters. The van der Waals surface area contributed by atoms with Crippen LogP contribution in [0.5, 0.6) is 0 Å². The lowest BCUT2D eigenvalue weighted by Gasteiger charge is -2.28. The van der Waals surface area contributed by atoms with Gasteiger partial charge in [-0.3, -0.25) is 0 Å². The molecule has 366 valence electrons. The number of hydrogen-bond acceptors (Lipinski definition) is 2. The molecule has 0 spiro atoms. The van der Waals surface area contributed by atoms with E-state index >= 15 is 0 Å². The molecule has 0 saturated heterocycles. The van der Waals surface area contributed by atoms with Gasteiger partial charge in [0, 0.05) is 65.8 Å². The highest BCUT2D eigenvalue weighted by atomic mass is 15.2. The first kappa shape index (κ1) is 46.0. The van der Waals surface area contributed by atoms with E-state index in [0.29, 0.717) is 0 Å². The average molecular weight is 963 g/mol. The highest BCUT2D eigenvalue weighted by Crippen LogP contribution is 2.53. The molecule has 4 aromatic heterocycles. The Labute approximate surface area is 435 Å². The number of hydrogen-bond donors (Lipinski definition) is 0. The van der Waals surface area contributed by atoms with Crippen LogP contribution in [-0.2, 0) is 21.7 Å². The minimum atomic E-state index is -0.118. The molecule has 0 amide bonds. The third-order valence-electron chi connectivity index (χ3n) is 16.1. The second-order valence-electron chi connectivity index (χ2n) is 25.1. The number of para-hydroxylation sites is 4. The van der Waals surface area contributed by atoms with Crippen molar-refractivity contribution in [3.8, 4) is 0 Å². The Morgan fingerprint density at radius 3 is 1.01 bits per heavy atom. The first-order valence-corrected chi connectivity index (χ1v) is 26.6. The van der Waals surface area contributed by atoms with Crippen LogP contribution in [0.3, 0.4) is 0 Å². The summed E-state index contributed by atoms with van der Waals surface area (Å²) in [5, 5.41) is 10.2. The van der Waals surface area contributed by atoms with Crippen LogP contribution in [0, 0.1) is 0 Å². The fourth-order valence-electron chi connectivity index (χ4n) is 12.5. The predicted octanol–water partition coefficient (Wildman–Crippen LogP) is 20.1. The molecule has 0 saturated carbocycles. The third-order valence-corrected chi connectivity index (χ3v) is 16.1. The molecule has 0 aliphatic carbocycles. The van der Waals surface area contributed by atoms with Gasteiger partial charge in [-0.25, -0.2) is 0 Å². The van der Waals surface area contributed by atoms with Crippen LogP contribution in [0.2, 0.25) is 0 Å². The first-order valence-electron chi connectivity index (χ1n) is 26.6.